The van der Waals surface area contributed by atoms with Crippen molar-refractivity contribution >= 4 is 0 Å². The Kier molecular flexibility index (Phi) is 3.63. The van der Waals surface area contributed by atoms with Crippen molar-refractivity contribution in [1.82, 2.24) is 4.98 Å². The number of pyridine rings is 1. The van der Waals surface area contributed by atoms with Gasteiger partial charge in [-0.2, -0.15) is 18.4 Å². The highest BCUT2D eigenvalue weighted by Crippen LogP contribution is 2.33. The van der Waals surface area contributed by atoms with Crippen molar-refractivity contribution in [3.05, 3.63) is 28.6 Å². The molecule has 0 aliphatic carbocycles. The Morgan fingerprint density at radius 1 is 1.41 bits per heavy atom. The van der Waals surface area contributed by atoms with Crippen molar-refractivity contribution in [3.63, 3.8) is 0 Å². The van der Waals surface area contributed by atoms with Gasteiger partial charge in [0.1, 0.15) is 11.8 Å². The summed E-state index contributed by atoms with van der Waals surface area (Å²) in [5.74, 6) is 0. The van der Waals surface area contributed by atoms with E-state index in [0.717, 1.165) is 0 Å². The van der Waals surface area contributed by atoms with Gasteiger partial charge in [0.15, 0.2) is 5.69 Å². The van der Waals surface area contributed by atoms with Gasteiger partial charge in [0.05, 0.1) is 12.2 Å². The number of aliphatic hydroxyl groups is 1. The van der Waals surface area contributed by atoms with E-state index in [-0.39, 0.29) is 0 Å². The maximum absolute atomic E-state index is 12.4. The van der Waals surface area contributed by atoms with Gasteiger partial charge in [-0.3, -0.25) is 0 Å². The first kappa shape index (κ1) is 13.3. The first-order chi connectivity index (χ1) is 7.81. The van der Waals surface area contributed by atoms with Crippen LogP contribution in [0.5, 0.6) is 0 Å². The normalized spacial score (nSPS) is 11.6. The van der Waals surface area contributed by atoms with Crippen LogP contribution in [0.15, 0.2) is 6.07 Å². The summed E-state index contributed by atoms with van der Waals surface area (Å²) < 4.78 is 62.0. The lowest BCUT2D eigenvalue weighted by atomic mass is 10.1. The van der Waals surface area contributed by atoms with Crippen molar-refractivity contribution in [2.45, 2.75) is 19.2 Å². The lowest BCUT2D eigenvalue weighted by Gasteiger charge is -2.12. The third-order valence-corrected chi connectivity index (χ3v) is 1.90. The van der Waals surface area contributed by atoms with Crippen LogP contribution in [0.25, 0.3) is 0 Å². The minimum absolute atomic E-state index is 0.496. The first-order valence-corrected chi connectivity index (χ1v) is 4.21. The minimum atomic E-state index is -5.00. The van der Waals surface area contributed by atoms with E-state index in [1.807, 2.05) is 0 Å². The van der Waals surface area contributed by atoms with Gasteiger partial charge in [-0.1, -0.05) is 0 Å². The zero-order chi connectivity index (χ0) is 13.2. The highest BCUT2D eigenvalue weighted by Gasteiger charge is 2.37. The van der Waals surface area contributed by atoms with Gasteiger partial charge >= 0.3 is 6.18 Å². The van der Waals surface area contributed by atoms with Crippen LogP contribution >= 0.6 is 0 Å². The number of aromatic nitrogens is 1. The zero-order valence-electron chi connectivity index (χ0n) is 8.09. The van der Waals surface area contributed by atoms with Gasteiger partial charge in [-0.05, 0) is 6.07 Å². The van der Waals surface area contributed by atoms with Crippen LogP contribution in [0.3, 0.4) is 0 Å². The van der Waals surface area contributed by atoms with Crippen molar-refractivity contribution in [1.29, 1.82) is 5.26 Å². The van der Waals surface area contributed by atoms with Crippen molar-refractivity contribution in [2.24, 2.45) is 0 Å². The van der Waals surface area contributed by atoms with E-state index in [2.05, 4.69) is 4.98 Å². The summed E-state index contributed by atoms with van der Waals surface area (Å²) in [6.07, 6.45) is -8.26. The highest BCUT2D eigenvalue weighted by molar-refractivity contribution is 5.40. The number of hydrogen-bond acceptors (Lipinski definition) is 3. The van der Waals surface area contributed by atoms with Crippen LogP contribution in [0.2, 0.25) is 0 Å². The van der Waals surface area contributed by atoms with E-state index in [1.54, 1.807) is 0 Å². The molecule has 1 aromatic rings. The molecule has 17 heavy (non-hydrogen) atoms. The Hall–Kier alpha value is -1.75. The third kappa shape index (κ3) is 2.68. The second-order valence-corrected chi connectivity index (χ2v) is 3.00. The summed E-state index contributed by atoms with van der Waals surface area (Å²) >= 11 is 0. The topological polar surface area (TPSA) is 56.9 Å². The molecule has 92 valence electrons. The van der Waals surface area contributed by atoms with Gasteiger partial charge in [0.25, 0.3) is 6.43 Å². The second kappa shape index (κ2) is 4.63. The number of rotatable bonds is 2. The standard InChI is InChI=1S/C9H5F5N2O/c10-8(11)6-5(3-17)1-4(2-15)7(16-6)9(12,13)14/h1,8,17H,3H2. The molecule has 1 heterocycles. The number of alkyl halides is 5. The molecule has 0 saturated carbocycles. The van der Waals surface area contributed by atoms with Crippen molar-refractivity contribution < 1.29 is 27.1 Å². The van der Waals surface area contributed by atoms with E-state index in [1.165, 1.54) is 6.07 Å². The largest absolute Gasteiger partial charge is 0.434 e. The molecule has 3 nitrogen and oxygen atoms in total. The van der Waals surface area contributed by atoms with Crippen molar-refractivity contribution in [3.8, 4) is 6.07 Å². The molecule has 0 aliphatic heterocycles. The van der Waals surface area contributed by atoms with Gasteiger partial charge in [0, 0.05) is 5.56 Å². The summed E-state index contributed by atoms with van der Waals surface area (Å²) in [4.78, 5) is 2.73. The van der Waals surface area contributed by atoms with Gasteiger partial charge in [-0.15, -0.1) is 0 Å². The molecule has 1 N–H and O–H groups in total. The molecule has 0 saturated heterocycles. The average molecular weight is 252 g/mol. The molecule has 8 heteroatoms. The summed E-state index contributed by atoms with van der Waals surface area (Å²) in [5.41, 5.74) is -4.23. The molecule has 1 rings (SSSR count). The number of halogens is 5. The highest BCUT2D eigenvalue weighted by atomic mass is 19.4. The van der Waals surface area contributed by atoms with Gasteiger partial charge in [0.2, 0.25) is 0 Å². The van der Waals surface area contributed by atoms with E-state index >= 15 is 0 Å². The van der Waals surface area contributed by atoms with Crippen molar-refractivity contribution in [2.75, 3.05) is 0 Å². The fraction of sp³-hybridized carbons (Fsp3) is 0.333. The smallest absolute Gasteiger partial charge is 0.392 e. The molecule has 0 amide bonds. The molecule has 1 aromatic heterocycles. The van der Waals surface area contributed by atoms with E-state index in [4.69, 9.17) is 10.4 Å². The number of hydrogen-bond donors (Lipinski definition) is 1. The predicted octanol–water partition coefficient (Wildman–Crippen LogP) is 2.40. The number of nitrogens with zero attached hydrogens (tertiary/aromatic N) is 2. The Labute approximate surface area is 92.1 Å². The lowest BCUT2D eigenvalue weighted by Crippen LogP contribution is -2.14. The lowest BCUT2D eigenvalue weighted by molar-refractivity contribution is -0.141. The fourth-order valence-electron chi connectivity index (χ4n) is 1.19. The molecule has 0 atom stereocenters. The molecule has 0 aliphatic rings. The third-order valence-electron chi connectivity index (χ3n) is 1.90. The molecule has 0 unspecified atom stereocenters. The SMILES string of the molecule is N#Cc1cc(CO)c(C(F)F)nc1C(F)(F)F. The maximum Gasteiger partial charge on any atom is 0.434 e. The van der Waals surface area contributed by atoms with Crippen LogP contribution in [-0.2, 0) is 12.8 Å². The van der Waals surface area contributed by atoms with Crippen LogP contribution in [0, 0.1) is 11.3 Å². The molecule has 0 spiro atoms. The summed E-state index contributed by atoms with van der Waals surface area (Å²) in [6.45, 7) is -0.917. The van der Waals surface area contributed by atoms with Gasteiger partial charge < -0.3 is 5.11 Å². The quantitative estimate of drug-likeness (QED) is 0.822. The van der Waals surface area contributed by atoms with Crippen LogP contribution in [0.1, 0.15) is 28.9 Å². The molecule has 0 aromatic carbocycles. The van der Waals surface area contributed by atoms with E-state index in [0.29, 0.717) is 6.07 Å². The average Bonchev–Trinajstić information content (AvgIpc) is 2.25. The summed E-state index contributed by atoms with van der Waals surface area (Å²) in [5, 5.41) is 17.2. The van der Waals surface area contributed by atoms with E-state index < -0.39 is 41.7 Å². The summed E-state index contributed by atoms with van der Waals surface area (Å²) in [6, 6.07) is 1.77. The number of aliphatic hydroxyl groups excluding tert-OH is 1. The predicted molar refractivity (Wildman–Crippen MR) is 44.8 cm³/mol. The van der Waals surface area contributed by atoms with Gasteiger partial charge in [-0.25, -0.2) is 13.8 Å². The molecular formula is C9H5F5N2O. The van der Waals surface area contributed by atoms with Crippen LogP contribution < -0.4 is 0 Å². The zero-order valence-corrected chi connectivity index (χ0v) is 8.09. The maximum atomic E-state index is 12.4. The Balaban J connectivity index is 3.52. The second-order valence-electron chi connectivity index (χ2n) is 3.00. The first-order valence-electron chi connectivity index (χ1n) is 4.21. The monoisotopic (exact) mass is 252 g/mol. The molecule has 0 bridgehead atoms. The Morgan fingerprint density at radius 2 is 2.00 bits per heavy atom. The van der Waals surface area contributed by atoms with Crippen LogP contribution in [0.4, 0.5) is 22.0 Å². The number of nitriles is 1. The fourth-order valence-corrected chi connectivity index (χ4v) is 1.19. The molecule has 0 fully saturated rings. The Bertz CT molecular complexity index is 464. The summed E-state index contributed by atoms with van der Waals surface area (Å²) in [7, 11) is 0. The molecular weight excluding hydrogens is 247 g/mol. The molecule has 0 radical (unpaired) electrons. The van der Waals surface area contributed by atoms with E-state index in [9.17, 15) is 22.0 Å². The minimum Gasteiger partial charge on any atom is -0.392 e. The Morgan fingerprint density at radius 3 is 2.35 bits per heavy atom. The van der Waals surface area contributed by atoms with Crippen LogP contribution in [-0.4, -0.2) is 10.1 Å².